The normalized spacial score (nSPS) is 18.1. The van der Waals surface area contributed by atoms with Gasteiger partial charge in [-0.05, 0) is 31.0 Å². The molecule has 3 nitrogen and oxygen atoms in total. The second-order valence-corrected chi connectivity index (χ2v) is 9.86. The van der Waals surface area contributed by atoms with Crippen molar-refractivity contribution in [1.29, 1.82) is 0 Å². The van der Waals surface area contributed by atoms with Crippen molar-refractivity contribution in [1.82, 2.24) is 0 Å². The number of anilines is 1. The lowest BCUT2D eigenvalue weighted by Gasteiger charge is -2.35. The first-order chi connectivity index (χ1) is 15.0. The van der Waals surface area contributed by atoms with Gasteiger partial charge in [-0.3, -0.25) is 0 Å². The molecule has 0 N–H and O–H groups in total. The molecule has 0 aromatic heterocycles. The Morgan fingerprint density at radius 1 is 1.03 bits per heavy atom. The summed E-state index contributed by atoms with van der Waals surface area (Å²) >= 11 is 0. The van der Waals surface area contributed by atoms with Gasteiger partial charge in [0.2, 0.25) is 0 Å². The third-order valence-corrected chi connectivity index (χ3v) is 8.01. The van der Waals surface area contributed by atoms with Crippen molar-refractivity contribution in [2.45, 2.75) is 56.7 Å². The highest BCUT2D eigenvalue weighted by Gasteiger charge is 2.24. The number of rotatable bonds is 7. The molecule has 1 fully saturated rings. The lowest BCUT2D eigenvalue weighted by Crippen LogP contribution is -2.24. The van der Waals surface area contributed by atoms with Gasteiger partial charge in [0.15, 0.2) is 0 Å². The third-order valence-electron chi connectivity index (χ3n) is 5.86. The lowest BCUT2D eigenvalue weighted by atomic mass is 10.0. The number of hydrogen-bond acceptors (Lipinski definition) is 3. The molecule has 1 heterocycles. The van der Waals surface area contributed by atoms with E-state index < -0.39 is 6.43 Å². The number of nitrogens with zero attached hydrogens (tertiary/aromatic N) is 3. The van der Waals surface area contributed by atoms with E-state index in [1.807, 2.05) is 30.3 Å². The molecule has 0 amide bonds. The minimum absolute atomic E-state index is 0.0450. The molecule has 2 aliphatic rings. The topological polar surface area (TPSA) is 28.0 Å². The number of benzene rings is 2. The van der Waals surface area contributed by atoms with Gasteiger partial charge < -0.3 is 4.31 Å². The van der Waals surface area contributed by atoms with Crippen LogP contribution in [0.2, 0.25) is 0 Å². The average molecular weight is 446 g/mol. The summed E-state index contributed by atoms with van der Waals surface area (Å²) in [6.45, 7) is 0.407. The van der Waals surface area contributed by atoms with Crippen LogP contribution in [0.5, 0.6) is 0 Å². The summed E-state index contributed by atoms with van der Waals surface area (Å²) < 4.78 is 42.9. The van der Waals surface area contributed by atoms with Crippen molar-refractivity contribution in [3.05, 3.63) is 65.5 Å². The molecule has 1 atom stereocenters. The Labute approximate surface area is 183 Å². The van der Waals surface area contributed by atoms with Gasteiger partial charge in [-0.1, -0.05) is 66.1 Å². The first-order valence-electron chi connectivity index (χ1n) is 10.6. The number of para-hydroxylation sites is 1. The predicted octanol–water partition coefficient (Wildman–Crippen LogP) is 6.59. The fraction of sp³-hybridized carbons (Fsp3) is 0.375. The summed E-state index contributed by atoms with van der Waals surface area (Å²) in [5.41, 5.74) is 2.18. The summed E-state index contributed by atoms with van der Waals surface area (Å²) in [6.07, 6.45) is 3.35. The summed E-state index contributed by atoms with van der Waals surface area (Å²) in [6, 6.07) is 14.9. The Balaban J connectivity index is 1.55. The van der Waals surface area contributed by atoms with Gasteiger partial charge >= 0.3 is 0 Å². The molecule has 0 spiro atoms. The Hall–Kier alpha value is -2.41. The van der Waals surface area contributed by atoms with E-state index in [1.54, 1.807) is 12.1 Å². The highest BCUT2D eigenvalue weighted by atomic mass is 32.2. The standard InChI is InChI=1S/C24H26F3N3S/c1-31(20-10-6-3-7-11-20)30(19-8-4-2-5-9-19)16-18-13-12-17(14-21(18)25)22-15-23(24(26)27)29-28-22/h2,4-5,8-9,12-14,20,24H,1,3,6-7,10-11,15-16H2. The van der Waals surface area contributed by atoms with Crippen LogP contribution >= 0.6 is 10.7 Å². The molecule has 0 saturated heterocycles. The van der Waals surface area contributed by atoms with Crippen molar-refractivity contribution < 1.29 is 13.2 Å². The Morgan fingerprint density at radius 3 is 2.42 bits per heavy atom. The van der Waals surface area contributed by atoms with Gasteiger partial charge in [0.05, 0.1) is 12.3 Å². The van der Waals surface area contributed by atoms with E-state index in [0.29, 0.717) is 28.6 Å². The fourth-order valence-corrected chi connectivity index (χ4v) is 6.01. The van der Waals surface area contributed by atoms with Crippen LogP contribution in [0, 0.1) is 5.82 Å². The summed E-state index contributed by atoms with van der Waals surface area (Å²) in [4.78, 5) is 0. The van der Waals surface area contributed by atoms with Crippen molar-refractivity contribution in [2.75, 3.05) is 4.31 Å². The van der Waals surface area contributed by atoms with Crippen LogP contribution in [0.1, 0.15) is 49.7 Å². The van der Waals surface area contributed by atoms with Gasteiger partial charge in [0, 0.05) is 28.5 Å². The van der Waals surface area contributed by atoms with Crippen LogP contribution in [0.25, 0.3) is 0 Å². The van der Waals surface area contributed by atoms with Gasteiger partial charge in [-0.2, -0.15) is 10.2 Å². The fourth-order valence-electron chi connectivity index (χ4n) is 4.08. The highest BCUT2D eigenvalue weighted by molar-refractivity contribution is 8.15. The molecule has 0 bridgehead atoms. The Kier molecular flexibility index (Phi) is 6.90. The zero-order valence-electron chi connectivity index (χ0n) is 17.3. The second kappa shape index (κ2) is 9.81. The molecular formula is C24H26F3N3S. The summed E-state index contributed by atoms with van der Waals surface area (Å²) in [5.74, 6) is 4.13. The zero-order chi connectivity index (χ0) is 21.8. The molecule has 2 aromatic rings. The van der Waals surface area contributed by atoms with Crippen LogP contribution < -0.4 is 4.31 Å². The largest absolute Gasteiger partial charge is 0.318 e. The van der Waals surface area contributed by atoms with E-state index in [1.165, 1.54) is 25.3 Å². The molecule has 2 aromatic carbocycles. The minimum Gasteiger partial charge on any atom is -0.318 e. The molecule has 1 unspecified atom stereocenters. The van der Waals surface area contributed by atoms with Crippen molar-refractivity contribution in [3.8, 4) is 0 Å². The maximum absolute atomic E-state index is 15.1. The molecule has 1 aliphatic heterocycles. The lowest BCUT2D eigenvalue weighted by molar-refractivity contribution is 0.224. The highest BCUT2D eigenvalue weighted by Crippen LogP contribution is 2.39. The molecule has 7 heteroatoms. The van der Waals surface area contributed by atoms with E-state index >= 15 is 4.39 Å². The second-order valence-electron chi connectivity index (χ2n) is 7.96. The van der Waals surface area contributed by atoms with Crippen LogP contribution in [0.4, 0.5) is 18.9 Å². The maximum Gasteiger partial charge on any atom is 0.278 e. The van der Waals surface area contributed by atoms with Gasteiger partial charge in [-0.25, -0.2) is 13.2 Å². The van der Waals surface area contributed by atoms with Crippen LogP contribution in [0.3, 0.4) is 0 Å². The number of alkyl halides is 2. The third kappa shape index (κ3) is 5.09. The minimum atomic E-state index is -2.64. The molecule has 4 rings (SSSR count). The number of hydrogen-bond donors (Lipinski definition) is 0. The first kappa shape index (κ1) is 21.8. The molecule has 1 saturated carbocycles. The van der Waals surface area contributed by atoms with E-state index in [0.717, 1.165) is 18.5 Å². The van der Waals surface area contributed by atoms with E-state index in [2.05, 4.69) is 20.4 Å². The zero-order valence-corrected chi connectivity index (χ0v) is 18.1. The van der Waals surface area contributed by atoms with E-state index in [9.17, 15) is 8.78 Å². The summed E-state index contributed by atoms with van der Waals surface area (Å²) in [7, 11) is -0.280. The molecular weight excluding hydrogens is 419 g/mol. The molecule has 31 heavy (non-hydrogen) atoms. The van der Waals surface area contributed by atoms with Crippen molar-refractivity contribution in [2.24, 2.45) is 10.2 Å². The maximum atomic E-state index is 15.1. The molecule has 1 aliphatic carbocycles. The Morgan fingerprint density at radius 2 is 1.77 bits per heavy atom. The predicted molar refractivity (Wildman–Crippen MR) is 125 cm³/mol. The van der Waals surface area contributed by atoms with Crippen LogP contribution in [-0.4, -0.2) is 29.0 Å². The van der Waals surface area contributed by atoms with Gasteiger partial charge in [-0.15, -0.1) is 0 Å². The quantitative estimate of drug-likeness (QED) is 0.442. The van der Waals surface area contributed by atoms with Crippen LogP contribution in [0.15, 0.2) is 58.7 Å². The molecule has 0 radical (unpaired) electrons. The van der Waals surface area contributed by atoms with Crippen LogP contribution in [-0.2, 0) is 6.54 Å². The molecule has 164 valence electrons. The average Bonchev–Trinajstić information content (AvgIpc) is 3.30. The summed E-state index contributed by atoms with van der Waals surface area (Å²) in [5, 5.41) is 7.85. The van der Waals surface area contributed by atoms with E-state index in [-0.39, 0.29) is 28.6 Å². The van der Waals surface area contributed by atoms with Crippen molar-refractivity contribution >= 4 is 33.7 Å². The van der Waals surface area contributed by atoms with Crippen molar-refractivity contribution in [3.63, 3.8) is 0 Å². The van der Waals surface area contributed by atoms with Gasteiger partial charge in [0.1, 0.15) is 11.5 Å². The first-order valence-corrected chi connectivity index (χ1v) is 12.0. The smallest absolute Gasteiger partial charge is 0.278 e. The monoisotopic (exact) mass is 445 g/mol. The van der Waals surface area contributed by atoms with E-state index in [4.69, 9.17) is 0 Å². The SMILES string of the molecule is C=S(C1CCCCC1)N(Cc1ccc(C2=NN=C(C(F)F)C2)cc1F)c1ccccc1. The van der Waals surface area contributed by atoms with Gasteiger partial charge in [0.25, 0.3) is 6.43 Å². The Bertz CT molecular complexity index is 998. The number of halogens is 3.